The van der Waals surface area contributed by atoms with E-state index in [1.165, 1.54) is 12.1 Å². The number of halogens is 4. The van der Waals surface area contributed by atoms with Crippen molar-refractivity contribution < 1.29 is 26.4 Å². The van der Waals surface area contributed by atoms with Crippen LogP contribution in [0, 0.1) is 0 Å². The minimum Gasteiger partial charge on any atom is -0.339 e. The number of amides is 1. The van der Waals surface area contributed by atoms with E-state index >= 15 is 0 Å². The van der Waals surface area contributed by atoms with Crippen LogP contribution in [0.1, 0.15) is 36.6 Å². The average Bonchev–Trinajstić information content (AvgIpc) is 3.23. The summed E-state index contributed by atoms with van der Waals surface area (Å²) >= 11 is 6.03. The van der Waals surface area contributed by atoms with Gasteiger partial charge in [-0.1, -0.05) is 23.7 Å². The van der Waals surface area contributed by atoms with E-state index in [9.17, 15) is 26.4 Å². The summed E-state index contributed by atoms with van der Waals surface area (Å²) < 4.78 is 70.1. The van der Waals surface area contributed by atoms with E-state index in [0.717, 1.165) is 31.3 Å². The van der Waals surface area contributed by atoms with Crippen LogP contribution in [-0.4, -0.2) is 65.4 Å². The summed E-state index contributed by atoms with van der Waals surface area (Å²) in [6.45, 7) is 0.636. The van der Waals surface area contributed by atoms with Gasteiger partial charge >= 0.3 is 6.18 Å². The largest absolute Gasteiger partial charge is 0.413 e. The smallest absolute Gasteiger partial charge is 0.339 e. The summed E-state index contributed by atoms with van der Waals surface area (Å²) in [4.78, 5) is 19.8. The quantitative estimate of drug-likeness (QED) is 0.527. The predicted molar refractivity (Wildman–Crippen MR) is 131 cm³/mol. The van der Waals surface area contributed by atoms with E-state index in [4.69, 9.17) is 11.6 Å². The molecule has 0 radical (unpaired) electrons. The maximum absolute atomic E-state index is 14.2. The molecule has 2 aliphatic heterocycles. The van der Waals surface area contributed by atoms with Crippen LogP contribution in [0.5, 0.6) is 0 Å². The van der Waals surface area contributed by atoms with Gasteiger partial charge in [0.1, 0.15) is 6.04 Å². The third-order valence-corrected chi connectivity index (χ3v) is 8.36. The van der Waals surface area contributed by atoms with Gasteiger partial charge in [0.2, 0.25) is 15.9 Å². The van der Waals surface area contributed by atoms with Gasteiger partial charge in [-0.2, -0.15) is 18.3 Å². The molecule has 9 nitrogen and oxygen atoms in total. The minimum absolute atomic E-state index is 0.129. The Kier molecular flexibility index (Phi) is 6.57. The number of carbonyl (C=O) groups excluding carboxylic acids is 1. The lowest BCUT2D eigenvalue weighted by molar-refractivity contribution is -0.189. The first-order chi connectivity index (χ1) is 17.4. The Morgan fingerprint density at radius 3 is 2.65 bits per heavy atom. The number of fused-ring (bicyclic) bond motifs is 3. The first kappa shape index (κ1) is 25.7. The lowest BCUT2D eigenvalue weighted by atomic mass is 10.0. The second-order valence-corrected chi connectivity index (χ2v) is 11.5. The van der Waals surface area contributed by atoms with Crippen molar-refractivity contribution in [3.63, 3.8) is 0 Å². The van der Waals surface area contributed by atoms with E-state index in [0.29, 0.717) is 27.9 Å². The molecule has 5 rings (SSSR count). The number of hydrogen-bond donors (Lipinski definition) is 1. The van der Waals surface area contributed by atoms with Crippen LogP contribution in [0.3, 0.4) is 0 Å². The molecule has 37 heavy (non-hydrogen) atoms. The maximum atomic E-state index is 14.2. The first-order valence-corrected chi connectivity index (χ1v) is 13.7. The van der Waals surface area contributed by atoms with Gasteiger partial charge in [-0.15, -0.1) is 0 Å². The van der Waals surface area contributed by atoms with E-state index in [1.54, 1.807) is 28.9 Å². The number of nitrogens with zero attached hydrogens (tertiary/aromatic N) is 5. The zero-order valence-corrected chi connectivity index (χ0v) is 21.3. The second-order valence-electron chi connectivity index (χ2n) is 9.20. The molecule has 0 unspecified atom stereocenters. The number of likely N-dealkylation sites (N-methyl/N-ethyl adjacent to an activating group) is 1. The maximum Gasteiger partial charge on any atom is 0.413 e. The molecule has 3 aromatic rings. The zero-order valence-electron chi connectivity index (χ0n) is 19.7. The summed E-state index contributed by atoms with van der Waals surface area (Å²) in [7, 11) is -2.65. The molecule has 2 aromatic heterocycles. The molecule has 2 aliphatic rings. The number of hydrogen-bond acceptors (Lipinski definition) is 6. The van der Waals surface area contributed by atoms with E-state index in [-0.39, 0.29) is 24.2 Å². The molecule has 1 N–H and O–H groups in total. The zero-order chi connectivity index (χ0) is 26.5. The van der Waals surface area contributed by atoms with Gasteiger partial charge in [0.05, 0.1) is 23.3 Å². The van der Waals surface area contributed by atoms with Crippen molar-refractivity contribution in [1.82, 2.24) is 24.2 Å². The molecule has 0 bridgehead atoms. The highest BCUT2D eigenvalue weighted by atomic mass is 35.5. The Balaban J connectivity index is 1.43. The van der Waals surface area contributed by atoms with Crippen molar-refractivity contribution in [3.05, 3.63) is 52.9 Å². The standard InChI is InChI=1S/C23H24ClF3N6O3S/c1-31(22(34)16-4-3-11-37(35,36)30-16)21(23(25,26)27)14-6-8-15(9-7-14)32-10-2-5-17-18(32)13-28-20-12-19(24)29-33(17)20/h6-9,12-13,16,21,30H,2-5,10-11H2,1H3/t16-,21+/m1/s1. The molecular weight excluding hydrogens is 533 g/mol. The van der Waals surface area contributed by atoms with Crippen molar-refractivity contribution in [1.29, 1.82) is 0 Å². The predicted octanol–water partition coefficient (Wildman–Crippen LogP) is 3.61. The number of anilines is 2. The monoisotopic (exact) mass is 556 g/mol. The van der Waals surface area contributed by atoms with Crippen LogP contribution < -0.4 is 9.62 Å². The molecule has 14 heteroatoms. The van der Waals surface area contributed by atoms with Gasteiger partial charge in [0, 0.05) is 25.3 Å². The number of aryl methyl sites for hydroxylation is 1. The van der Waals surface area contributed by atoms with Crippen molar-refractivity contribution in [2.45, 2.75) is 43.9 Å². The summed E-state index contributed by atoms with van der Waals surface area (Å²) in [5.74, 6) is -1.08. The van der Waals surface area contributed by atoms with Gasteiger partial charge in [0.25, 0.3) is 0 Å². The molecule has 0 spiro atoms. The van der Waals surface area contributed by atoms with Gasteiger partial charge in [0.15, 0.2) is 16.8 Å². The second kappa shape index (κ2) is 9.44. The van der Waals surface area contributed by atoms with Crippen molar-refractivity contribution >= 4 is 44.6 Å². The van der Waals surface area contributed by atoms with Gasteiger partial charge < -0.3 is 9.80 Å². The molecule has 1 saturated heterocycles. The Bertz CT molecular complexity index is 1440. The highest BCUT2D eigenvalue weighted by molar-refractivity contribution is 7.89. The number of rotatable bonds is 4. The minimum atomic E-state index is -4.77. The highest BCUT2D eigenvalue weighted by Gasteiger charge is 2.47. The Labute approximate surface area is 216 Å². The number of sulfonamides is 1. The molecule has 0 aliphatic carbocycles. The molecule has 0 saturated carbocycles. The van der Waals surface area contributed by atoms with E-state index < -0.39 is 34.2 Å². The Hall–Kier alpha value is -2.90. The number of benzene rings is 1. The number of alkyl halides is 3. The highest BCUT2D eigenvalue weighted by Crippen LogP contribution is 2.39. The molecule has 1 aromatic carbocycles. The fourth-order valence-corrected chi connectivity index (χ4v) is 6.51. The third-order valence-electron chi connectivity index (χ3n) is 6.71. The lowest BCUT2D eigenvalue weighted by Crippen LogP contribution is -2.53. The molecule has 1 fully saturated rings. The topological polar surface area (TPSA) is 99.9 Å². The van der Waals surface area contributed by atoms with Crippen LogP contribution in [0.4, 0.5) is 24.5 Å². The van der Waals surface area contributed by atoms with Crippen LogP contribution in [0.25, 0.3) is 5.65 Å². The fourth-order valence-electron chi connectivity index (χ4n) is 5.02. The number of carbonyl (C=O) groups is 1. The first-order valence-electron chi connectivity index (χ1n) is 11.7. The average molecular weight is 557 g/mol. The SMILES string of the molecule is CN(C(=O)[C@H]1CCCS(=O)(=O)N1)[C@@H](c1ccc(N2CCCc3c2cnc2cc(Cl)nn32)cc1)C(F)(F)F. The summed E-state index contributed by atoms with van der Waals surface area (Å²) in [5, 5.41) is 4.61. The number of nitrogens with one attached hydrogen (secondary N) is 1. The summed E-state index contributed by atoms with van der Waals surface area (Å²) in [5.41, 5.74) is 2.84. The van der Waals surface area contributed by atoms with Crippen molar-refractivity contribution in [2.24, 2.45) is 0 Å². The van der Waals surface area contributed by atoms with Crippen LogP contribution >= 0.6 is 11.6 Å². The molecule has 2 atom stereocenters. The lowest BCUT2D eigenvalue weighted by Gasteiger charge is -2.34. The van der Waals surface area contributed by atoms with E-state index in [2.05, 4.69) is 14.8 Å². The van der Waals surface area contributed by atoms with Crippen molar-refractivity contribution in [3.8, 4) is 0 Å². The Morgan fingerprint density at radius 1 is 1.24 bits per heavy atom. The summed E-state index contributed by atoms with van der Waals surface area (Å²) in [6.07, 6.45) is -1.19. The Morgan fingerprint density at radius 2 is 1.97 bits per heavy atom. The van der Waals surface area contributed by atoms with Crippen molar-refractivity contribution in [2.75, 3.05) is 24.2 Å². The molecule has 4 heterocycles. The normalized spacial score (nSPS) is 20.5. The molecular formula is C23H24ClF3N6O3S. The van der Waals surface area contributed by atoms with Gasteiger partial charge in [-0.05, 0) is 43.4 Å². The van der Waals surface area contributed by atoms with Crippen LogP contribution in [-0.2, 0) is 21.2 Å². The third kappa shape index (κ3) is 4.99. The summed E-state index contributed by atoms with van der Waals surface area (Å²) in [6, 6.07) is 4.03. The van der Waals surface area contributed by atoms with Crippen LogP contribution in [0.2, 0.25) is 5.15 Å². The molecule has 1 amide bonds. The van der Waals surface area contributed by atoms with Gasteiger partial charge in [-0.25, -0.2) is 22.6 Å². The van der Waals surface area contributed by atoms with Gasteiger partial charge in [-0.3, -0.25) is 4.79 Å². The van der Waals surface area contributed by atoms with Crippen LogP contribution in [0.15, 0.2) is 36.5 Å². The van der Waals surface area contributed by atoms with E-state index in [1.807, 2.05) is 4.90 Å². The molecule has 198 valence electrons. The fraction of sp³-hybridized carbons (Fsp3) is 0.435. The number of aromatic nitrogens is 3.